The minimum atomic E-state index is -4.57. The zero-order chi connectivity index (χ0) is 23.0. The molecule has 4 rings (SSSR count). The summed E-state index contributed by atoms with van der Waals surface area (Å²) < 4.78 is 43.3. The molecule has 2 N–H and O–H groups in total. The molecule has 0 bridgehead atoms. The summed E-state index contributed by atoms with van der Waals surface area (Å²) in [6.07, 6.45) is -4.00. The molecule has 0 unspecified atom stereocenters. The van der Waals surface area contributed by atoms with Crippen LogP contribution in [0.4, 0.5) is 24.7 Å². The van der Waals surface area contributed by atoms with Crippen molar-refractivity contribution in [3.63, 3.8) is 0 Å². The summed E-state index contributed by atoms with van der Waals surface area (Å²) in [5, 5.41) is 9.48. The van der Waals surface area contributed by atoms with Gasteiger partial charge in [-0.1, -0.05) is 58.7 Å². The van der Waals surface area contributed by atoms with Crippen molar-refractivity contribution in [3.05, 3.63) is 74.8 Å². The Morgan fingerprint density at radius 1 is 1.22 bits per heavy atom. The van der Waals surface area contributed by atoms with Crippen molar-refractivity contribution in [2.75, 3.05) is 10.6 Å². The first-order chi connectivity index (χ1) is 15.2. The molecule has 10 heteroatoms. The van der Waals surface area contributed by atoms with E-state index >= 15 is 0 Å². The van der Waals surface area contributed by atoms with Crippen LogP contribution in [0.2, 0.25) is 5.02 Å². The van der Waals surface area contributed by atoms with Gasteiger partial charge in [-0.25, -0.2) is 4.68 Å². The average molecular weight is 528 g/mol. The van der Waals surface area contributed by atoms with Gasteiger partial charge in [-0.05, 0) is 41.8 Å². The highest BCUT2D eigenvalue weighted by molar-refractivity contribution is 9.10. The predicted molar refractivity (Wildman–Crippen MR) is 121 cm³/mol. The zero-order valence-electron chi connectivity index (χ0n) is 16.9. The van der Waals surface area contributed by atoms with Crippen molar-refractivity contribution in [2.24, 2.45) is 0 Å². The number of carbonyl (C=O) groups is 1. The van der Waals surface area contributed by atoms with Gasteiger partial charge in [-0.3, -0.25) is 4.79 Å². The first-order valence-electron chi connectivity index (χ1n) is 9.94. The Morgan fingerprint density at radius 3 is 2.47 bits per heavy atom. The molecular weight excluding hydrogens is 509 g/mol. The van der Waals surface area contributed by atoms with E-state index in [1.54, 1.807) is 36.4 Å². The molecule has 1 amide bonds. The Labute approximate surface area is 196 Å². The number of halogens is 5. The third-order valence-corrected chi connectivity index (χ3v) is 6.29. The van der Waals surface area contributed by atoms with E-state index in [-0.39, 0.29) is 23.0 Å². The number of nitrogens with zero attached hydrogens (tertiary/aromatic N) is 2. The summed E-state index contributed by atoms with van der Waals surface area (Å²) in [6, 6.07) is 11.6. The zero-order valence-corrected chi connectivity index (χ0v) is 19.2. The van der Waals surface area contributed by atoms with Crippen LogP contribution < -0.4 is 10.6 Å². The van der Waals surface area contributed by atoms with Crippen molar-refractivity contribution in [3.8, 4) is 0 Å². The minimum Gasteiger partial charge on any atom is -0.362 e. The lowest BCUT2D eigenvalue weighted by atomic mass is 9.97. The molecule has 3 aromatic rings. The van der Waals surface area contributed by atoms with E-state index in [1.807, 2.05) is 19.1 Å². The predicted octanol–water partition coefficient (Wildman–Crippen LogP) is 6.77. The first-order valence-corrected chi connectivity index (χ1v) is 11.1. The number of aryl methyl sites for hydroxylation is 1. The third kappa shape index (κ3) is 4.49. The number of alkyl halides is 3. The molecule has 2 aromatic carbocycles. The van der Waals surface area contributed by atoms with Crippen LogP contribution in [0.5, 0.6) is 0 Å². The average Bonchev–Trinajstić information content (AvgIpc) is 3.10. The Hall–Kier alpha value is -2.52. The SMILES string of the molecule is CCc1ccc(NC(=O)c2nn3c(c2Cl)N[C@@H](c2ccc(Br)cc2)C[C@H]3C(F)(F)F)cc1. The standard InChI is InChI=1S/C22H19BrClF3N4O/c1-2-12-3-9-15(10-4-12)28-21(32)19-18(24)20-29-16(13-5-7-14(23)8-6-13)11-17(22(25,26)27)31(20)30-19/h3-10,16-17,29H,2,11H2,1H3,(H,28,32)/t16-,17+/m1/s1. The van der Waals surface area contributed by atoms with Crippen LogP contribution in [-0.4, -0.2) is 21.9 Å². The maximum Gasteiger partial charge on any atom is 0.410 e. The largest absolute Gasteiger partial charge is 0.410 e. The Morgan fingerprint density at radius 2 is 1.88 bits per heavy atom. The topological polar surface area (TPSA) is 59.0 Å². The normalized spacial score (nSPS) is 18.1. The number of hydrogen-bond donors (Lipinski definition) is 2. The highest BCUT2D eigenvalue weighted by Crippen LogP contribution is 2.46. The Balaban J connectivity index is 1.66. The summed E-state index contributed by atoms with van der Waals surface area (Å²) in [7, 11) is 0. The molecule has 2 heterocycles. The first kappa shape index (κ1) is 22.7. The molecule has 0 spiro atoms. The van der Waals surface area contributed by atoms with Gasteiger partial charge in [0.1, 0.15) is 10.8 Å². The third-order valence-electron chi connectivity index (χ3n) is 5.40. The number of benzene rings is 2. The molecule has 168 valence electrons. The van der Waals surface area contributed by atoms with Crippen LogP contribution in [-0.2, 0) is 6.42 Å². The summed E-state index contributed by atoms with van der Waals surface area (Å²) in [4.78, 5) is 12.8. The van der Waals surface area contributed by atoms with Gasteiger partial charge >= 0.3 is 6.18 Å². The fourth-order valence-corrected chi connectivity index (χ4v) is 4.19. The minimum absolute atomic E-state index is 0.0281. The molecule has 1 aliphatic heterocycles. The fourth-order valence-electron chi connectivity index (χ4n) is 3.66. The monoisotopic (exact) mass is 526 g/mol. The van der Waals surface area contributed by atoms with Gasteiger partial charge in [-0.2, -0.15) is 18.3 Å². The molecule has 5 nitrogen and oxygen atoms in total. The van der Waals surface area contributed by atoms with Crippen LogP contribution in [0, 0.1) is 0 Å². The van der Waals surface area contributed by atoms with Gasteiger partial charge in [0.05, 0.1) is 6.04 Å². The highest BCUT2D eigenvalue weighted by atomic mass is 79.9. The molecule has 0 radical (unpaired) electrons. The molecule has 0 aliphatic carbocycles. The van der Waals surface area contributed by atoms with Gasteiger partial charge in [0.2, 0.25) is 0 Å². The van der Waals surface area contributed by atoms with Crippen LogP contribution in [0.1, 0.15) is 47.0 Å². The number of nitrogens with one attached hydrogen (secondary N) is 2. The molecule has 1 aromatic heterocycles. The number of anilines is 2. The fraction of sp³-hybridized carbons (Fsp3) is 0.273. The van der Waals surface area contributed by atoms with Gasteiger partial charge in [0.15, 0.2) is 11.7 Å². The van der Waals surface area contributed by atoms with E-state index in [2.05, 4.69) is 31.7 Å². The van der Waals surface area contributed by atoms with Crippen LogP contribution in [0.15, 0.2) is 53.0 Å². The maximum atomic E-state index is 13.9. The van der Waals surface area contributed by atoms with Gasteiger partial charge in [0.25, 0.3) is 5.91 Å². The van der Waals surface area contributed by atoms with Crippen molar-refractivity contribution >= 4 is 44.9 Å². The van der Waals surface area contributed by atoms with E-state index < -0.39 is 24.2 Å². The number of hydrogen-bond acceptors (Lipinski definition) is 3. The number of aromatic nitrogens is 2. The van der Waals surface area contributed by atoms with Gasteiger partial charge < -0.3 is 10.6 Å². The molecule has 0 fully saturated rings. The van der Waals surface area contributed by atoms with E-state index in [4.69, 9.17) is 11.6 Å². The van der Waals surface area contributed by atoms with E-state index in [0.717, 1.165) is 21.1 Å². The summed E-state index contributed by atoms with van der Waals surface area (Å²) in [5.41, 5.74) is 2.00. The summed E-state index contributed by atoms with van der Waals surface area (Å²) in [5.74, 6) is -0.705. The Kier molecular flexibility index (Phi) is 6.22. The van der Waals surface area contributed by atoms with E-state index in [0.29, 0.717) is 11.3 Å². The van der Waals surface area contributed by atoms with Crippen LogP contribution >= 0.6 is 27.5 Å². The molecule has 2 atom stereocenters. The highest BCUT2D eigenvalue weighted by Gasteiger charge is 2.47. The molecular formula is C22H19BrClF3N4O. The molecule has 32 heavy (non-hydrogen) atoms. The lowest BCUT2D eigenvalue weighted by Gasteiger charge is -2.33. The summed E-state index contributed by atoms with van der Waals surface area (Å²) in [6.45, 7) is 2.01. The van der Waals surface area contributed by atoms with Crippen LogP contribution in [0.25, 0.3) is 0 Å². The molecule has 0 saturated carbocycles. The van der Waals surface area contributed by atoms with Crippen molar-refractivity contribution in [2.45, 2.75) is 38.0 Å². The smallest absolute Gasteiger partial charge is 0.362 e. The van der Waals surface area contributed by atoms with Crippen molar-refractivity contribution in [1.29, 1.82) is 0 Å². The molecule has 0 saturated heterocycles. The number of fused-ring (bicyclic) bond motifs is 1. The van der Waals surface area contributed by atoms with Gasteiger partial charge in [-0.15, -0.1) is 0 Å². The van der Waals surface area contributed by atoms with Crippen LogP contribution in [0.3, 0.4) is 0 Å². The lowest BCUT2D eigenvalue weighted by molar-refractivity contribution is -0.173. The number of carbonyl (C=O) groups excluding carboxylic acids is 1. The maximum absolute atomic E-state index is 13.9. The van der Waals surface area contributed by atoms with Crippen molar-refractivity contribution < 1.29 is 18.0 Å². The van der Waals surface area contributed by atoms with Crippen molar-refractivity contribution in [1.82, 2.24) is 9.78 Å². The number of rotatable bonds is 4. The second-order valence-electron chi connectivity index (χ2n) is 7.50. The quantitative estimate of drug-likeness (QED) is 0.393. The number of amides is 1. The Bertz CT molecular complexity index is 1130. The second kappa shape index (κ2) is 8.78. The lowest BCUT2D eigenvalue weighted by Crippen LogP contribution is -2.35. The van der Waals surface area contributed by atoms with E-state index in [9.17, 15) is 18.0 Å². The summed E-state index contributed by atoms with van der Waals surface area (Å²) >= 11 is 9.69. The van der Waals surface area contributed by atoms with E-state index in [1.165, 1.54) is 0 Å². The second-order valence-corrected chi connectivity index (χ2v) is 8.80. The molecule has 1 aliphatic rings. The van der Waals surface area contributed by atoms with Gasteiger partial charge in [0, 0.05) is 16.6 Å².